The first-order chi connectivity index (χ1) is 56.6. The van der Waals surface area contributed by atoms with Crippen molar-refractivity contribution in [2.45, 2.75) is 244 Å². The fraction of sp³-hybridized carbons (Fsp3) is 0.645. The Labute approximate surface area is 695 Å². The Morgan fingerprint density at radius 2 is 0.983 bits per heavy atom. The summed E-state index contributed by atoms with van der Waals surface area (Å²) < 4.78 is 0. The molecule has 670 valence electrons. The number of aliphatic carboxylic acids is 2. The molecule has 1 aliphatic rings. The first-order valence-corrected chi connectivity index (χ1v) is 40.1. The number of phenolic OH excluding ortho intramolecular Hbond substituents is 1. The summed E-state index contributed by atoms with van der Waals surface area (Å²) in [6.07, 6.45) is 3.36. The summed E-state index contributed by atoms with van der Waals surface area (Å²) in [5, 5.41) is 93.8. The lowest BCUT2D eigenvalue weighted by Crippen LogP contribution is -2.62. The highest BCUT2D eigenvalue weighted by molar-refractivity contribution is 6.01. The number of rotatable bonds is 54. The van der Waals surface area contributed by atoms with Crippen molar-refractivity contribution in [2.75, 3.05) is 45.9 Å². The lowest BCUT2D eigenvalue weighted by molar-refractivity contribution is -0.149. The van der Waals surface area contributed by atoms with Crippen molar-refractivity contribution < 1.29 is 107 Å². The highest BCUT2D eigenvalue weighted by Crippen LogP contribution is 2.22. The van der Waals surface area contributed by atoms with E-state index in [0.717, 1.165) is 0 Å². The van der Waals surface area contributed by atoms with Crippen LogP contribution in [0.15, 0.2) is 36.8 Å². The van der Waals surface area contributed by atoms with Crippen molar-refractivity contribution in [3.05, 3.63) is 48.0 Å². The van der Waals surface area contributed by atoms with Gasteiger partial charge in [-0.05, 0) is 113 Å². The van der Waals surface area contributed by atoms with Crippen molar-refractivity contribution in [3.63, 3.8) is 0 Å². The van der Waals surface area contributed by atoms with Crippen molar-refractivity contribution in [2.24, 2.45) is 40.9 Å². The van der Waals surface area contributed by atoms with Crippen molar-refractivity contribution in [3.8, 4) is 5.75 Å². The summed E-state index contributed by atoms with van der Waals surface area (Å²) in [5.74, 6) is -19.2. The number of aromatic hydroxyl groups is 1. The summed E-state index contributed by atoms with van der Waals surface area (Å²) in [6, 6.07) is -14.5. The third kappa shape index (κ3) is 35.1. The predicted molar refractivity (Wildman–Crippen MR) is 431 cm³/mol. The van der Waals surface area contributed by atoms with Crippen LogP contribution in [0, 0.1) is 29.1 Å². The third-order valence-corrected chi connectivity index (χ3v) is 20.1. The molecule has 15 amide bonds. The number of likely N-dealkylation sites (tertiary alicyclic amines) is 1. The minimum Gasteiger partial charge on any atom is -0.508 e. The molecule has 1 aromatic carbocycles. The van der Waals surface area contributed by atoms with Crippen LogP contribution in [0.3, 0.4) is 0 Å². The van der Waals surface area contributed by atoms with Crippen LogP contribution in [-0.4, -0.2) is 277 Å². The van der Waals surface area contributed by atoms with E-state index in [1.165, 1.54) is 55.5 Å². The van der Waals surface area contributed by atoms with Crippen LogP contribution in [0.25, 0.3) is 0 Å². The predicted octanol–water partition coefficient (Wildman–Crippen LogP) is -6.57. The summed E-state index contributed by atoms with van der Waals surface area (Å²) in [4.78, 5) is 240. The van der Waals surface area contributed by atoms with E-state index in [2.05, 4.69) is 89.7 Å². The number of phenols is 1. The molecule has 120 heavy (non-hydrogen) atoms. The first-order valence-electron chi connectivity index (χ1n) is 40.1. The average Bonchev–Trinajstić information content (AvgIpc) is 1.58. The van der Waals surface area contributed by atoms with Crippen molar-refractivity contribution in [1.82, 2.24) is 94.6 Å². The van der Waals surface area contributed by atoms with Gasteiger partial charge in [0.1, 0.15) is 90.3 Å². The Bertz CT molecular complexity index is 3800. The summed E-state index contributed by atoms with van der Waals surface area (Å²) >= 11 is 0. The number of guanidine groups is 1. The molecule has 2 aromatic rings. The maximum absolute atomic E-state index is 14.6. The number of carboxylic acid groups (broad SMARTS) is 2. The fourth-order valence-electron chi connectivity index (χ4n) is 12.4. The van der Waals surface area contributed by atoms with Gasteiger partial charge in [0.2, 0.25) is 88.6 Å². The lowest BCUT2D eigenvalue weighted by Gasteiger charge is -2.32. The normalized spacial score (nSPS) is 16.4. The quantitative estimate of drug-likeness (QED) is 0.0166. The number of carboxylic acids is 2. The first kappa shape index (κ1) is 103. The van der Waals surface area contributed by atoms with Crippen LogP contribution in [0.4, 0.5) is 0 Å². The van der Waals surface area contributed by atoms with E-state index in [1.54, 1.807) is 55.4 Å². The Morgan fingerprint density at radius 1 is 0.525 bits per heavy atom. The molecule has 1 aromatic heterocycles. The Morgan fingerprint density at radius 3 is 1.48 bits per heavy atom. The van der Waals surface area contributed by atoms with Gasteiger partial charge in [-0.1, -0.05) is 86.8 Å². The number of amides is 15. The molecule has 0 radical (unpaired) electrons. The molecule has 44 nitrogen and oxygen atoms in total. The number of nitrogens with one attached hydrogen (secondary N) is 17. The number of aromatic amines is 1. The minimum absolute atomic E-state index is 0.0121. The number of imidazole rings is 1. The topological polar surface area (TPSA) is 706 Å². The second-order valence-electron chi connectivity index (χ2n) is 30.2. The molecule has 1 saturated heterocycles. The standard InChI is InChI=1S/C76H124N22O22/c1-11-39(6)59(96-73(117)61(41(8)13-3)97-72(116)60(40(7)12-2)95-67(111)49(18-14-15-25-77)90-70(114)52(31-58(104)105)92-64(108)47(78)35-99)71(115)87-43(10)63(107)91-51(30-45-32-81-37-85-45)69(113)89-48(19-16-26-82-76(79)80)65(109)83-33-56(102)86-42(9)62(106)94-54(36-100)66(110)84-34-57(103)88-50(29-44-21-23-46(101)24-22-44)68(112)93-53(28-38(4)5)74(118)98-27-17-20-55(98)75(119)120/h21-24,32,37-43,47-55,59-61,99-101H,11-20,25-31,33-36,77-78H2,1-10H3,(H,81,85)(H,83,109)(H,84,110)(H,86,102)(H,87,115)(H,88,103)(H,89,113)(H,90,114)(H,91,107)(H,92,108)(H,93,112)(H,94,106)(H,95,111)(H,96,117)(H,97,116)(H,104,105)(H,119,120)(H4,79,80,82)/t39-,40-,41-,42-,43-,47-,48-,49-,50-,51-,52-,53-,54-,55-,59-,60-,61-/m0/s1. The Balaban J connectivity index is 1.77. The Kier molecular flexibility index (Phi) is 44.7. The van der Waals surface area contributed by atoms with E-state index in [1.807, 2.05) is 0 Å². The molecule has 0 aliphatic carbocycles. The Hall–Kier alpha value is -11.7. The number of benzene rings is 1. The van der Waals surface area contributed by atoms with E-state index in [9.17, 15) is 107 Å². The second-order valence-corrected chi connectivity index (χ2v) is 30.2. The number of aliphatic hydroxyl groups excluding tert-OH is 2. The van der Waals surface area contributed by atoms with Crippen LogP contribution < -0.4 is 97.0 Å². The van der Waals surface area contributed by atoms with Gasteiger partial charge in [-0.15, -0.1) is 0 Å². The minimum atomic E-state index is -1.75. The molecule has 44 heteroatoms. The van der Waals surface area contributed by atoms with Crippen molar-refractivity contribution >= 4 is 107 Å². The second kappa shape index (κ2) is 52.3. The highest BCUT2D eigenvalue weighted by Gasteiger charge is 2.42. The smallest absolute Gasteiger partial charge is 0.326 e. The molecule has 0 spiro atoms. The maximum atomic E-state index is 14.6. The van der Waals surface area contributed by atoms with Crippen LogP contribution in [0.1, 0.15) is 158 Å². The van der Waals surface area contributed by atoms with Gasteiger partial charge >= 0.3 is 11.9 Å². The van der Waals surface area contributed by atoms with Gasteiger partial charge < -0.3 is 132 Å². The number of aliphatic hydroxyl groups is 2. The van der Waals surface area contributed by atoms with Gasteiger partial charge in [0.05, 0.1) is 44.7 Å². The van der Waals surface area contributed by atoms with E-state index in [-0.39, 0.29) is 94.8 Å². The molecular formula is C76H124N22O22. The van der Waals surface area contributed by atoms with Crippen LogP contribution in [0.2, 0.25) is 0 Å². The van der Waals surface area contributed by atoms with Gasteiger partial charge in [-0.2, -0.15) is 0 Å². The number of aromatic nitrogens is 2. The molecule has 0 bridgehead atoms. The average molecular weight is 1700 g/mol. The SMILES string of the molecule is CC[C@H](C)[C@H](NC(=O)[C@H](CCCCN)NC(=O)[C@H](CC(=O)O)NC(=O)[C@@H](N)CO)C(=O)N[C@H](C(=O)N[C@H](C(=O)N[C@@H](C)C(=O)N[C@@H](Cc1c[nH]cn1)C(=O)N[C@@H](CCCNC(=N)N)C(=O)NCC(=O)N[C@@H](C)C(=O)N[C@@H](CO)C(=O)NCC(=O)N[C@@H](Cc1ccc(O)cc1)C(=O)N[C@@H](CC(C)C)C(=O)N1CCC[C@H]1C(=O)O)[C@@H](C)CC)[C@@H](C)CC. The number of nitrogens with two attached hydrogens (primary N) is 3. The van der Waals surface area contributed by atoms with Gasteiger partial charge in [0.15, 0.2) is 5.96 Å². The molecule has 17 atom stereocenters. The van der Waals surface area contributed by atoms with E-state index in [0.29, 0.717) is 31.2 Å². The van der Waals surface area contributed by atoms with E-state index >= 15 is 0 Å². The third-order valence-electron chi connectivity index (χ3n) is 20.1. The number of carbonyl (C=O) groups excluding carboxylic acids is 15. The number of hydrogen-bond acceptors (Lipinski definition) is 24. The van der Waals surface area contributed by atoms with E-state index < -0.39 is 242 Å². The van der Waals surface area contributed by atoms with Crippen LogP contribution >= 0.6 is 0 Å². The zero-order valence-corrected chi connectivity index (χ0v) is 69.5. The molecule has 28 N–H and O–H groups in total. The monoisotopic (exact) mass is 1700 g/mol. The number of carbonyl (C=O) groups is 17. The number of unbranched alkanes of at least 4 members (excludes halogenated alkanes) is 1. The van der Waals surface area contributed by atoms with Gasteiger partial charge in [0, 0.05) is 32.1 Å². The molecule has 2 heterocycles. The lowest BCUT2D eigenvalue weighted by atomic mass is 9.93. The number of nitrogens with zero attached hydrogens (tertiary/aromatic N) is 2. The van der Waals surface area contributed by atoms with Crippen LogP contribution in [-0.2, 0) is 94.3 Å². The van der Waals surface area contributed by atoms with Gasteiger partial charge in [-0.3, -0.25) is 82.1 Å². The summed E-state index contributed by atoms with van der Waals surface area (Å²) in [7, 11) is 0. The number of hydrogen-bond donors (Lipinski definition) is 25. The van der Waals surface area contributed by atoms with Gasteiger partial charge in [0.25, 0.3) is 0 Å². The molecular weight excluding hydrogens is 1570 g/mol. The van der Waals surface area contributed by atoms with Crippen molar-refractivity contribution in [1.29, 1.82) is 5.41 Å². The van der Waals surface area contributed by atoms with Crippen LogP contribution in [0.5, 0.6) is 5.75 Å². The highest BCUT2D eigenvalue weighted by atomic mass is 16.4. The summed E-state index contributed by atoms with van der Waals surface area (Å²) in [6.45, 7) is 13.0. The number of H-pyrrole nitrogens is 1. The zero-order chi connectivity index (χ0) is 90.2. The molecule has 1 fully saturated rings. The summed E-state index contributed by atoms with van der Waals surface area (Å²) in [5.41, 5.74) is 17.5. The fourth-order valence-corrected chi connectivity index (χ4v) is 12.4. The molecule has 0 saturated carbocycles. The molecule has 0 unspecified atom stereocenters. The van der Waals surface area contributed by atoms with E-state index in [4.69, 9.17) is 22.6 Å². The molecule has 1 aliphatic heterocycles. The van der Waals surface area contributed by atoms with Gasteiger partial charge in [-0.25, -0.2) is 9.78 Å². The molecule has 3 rings (SSSR count). The largest absolute Gasteiger partial charge is 0.508 e. The maximum Gasteiger partial charge on any atom is 0.326 e. The zero-order valence-electron chi connectivity index (χ0n) is 69.5.